The molecule has 80 valence electrons. The molecule has 3 N–H and O–H groups in total. The number of aliphatic carboxylic acids is 1. The molecule has 0 saturated carbocycles. The average Bonchev–Trinajstić information content (AvgIpc) is 2.15. The summed E-state index contributed by atoms with van der Waals surface area (Å²) in [5.41, 5.74) is 4.82. The average molecular weight is 232 g/mol. The number of carboxylic acid groups (broad SMARTS) is 1. The van der Waals surface area contributed by atoms with Gasteiger partial charge in [-0.2, -0.15) is 0 Å². The summed E-state index contributed by atoms with van der Waals surface area (Å²) in [5.74, 6) is -1.28. The van der Waals surface area contributed by atoms with Crippen LogP contribution in [-0.2, 0) is 4.79 Å². The molecule has 0 aromatic carbocycles. The Balaban J connectivity index is 3.12. The summed E-state index contributed by atoms with van der Waals surface area (Å²) in [7, 11) is 0. The number of halogens is 1. The summed E-state index contributed by atoms with van der Waals surface area (Å²) < 4.78 is 0. The van der Waals surface area contributed by atoms with E-state index in [1.54, 1.807) is 0 Å². The van der Waals surface area contributed by atoms with Crippen molar-refractivity contribution in [3.63, 3.8) is 0 Å². The summed E-state index contributed by atoms with van der Waals surface area (Å²) in [6.07, 6.45) is 0. The van der Waals surface area contributed by atoms with Crippen LogP contribution >= 0.6 is 11.6 Å². The molecule has 1 heterocycles. The molecule has 1 aromatic heterocycles. The van der Waals surface area contributed by atoms with Crippen molar-refractivity contribution in [2.45, 2.75) is 6.04 Å². The Labute approximate surface area is 88.6 Å². The van der Waals surface area contributed by atoms with E-state index in [0.29, 0.717) is 0 Å². The summed E-state index contributed by atoms with van der Waals surface area (Å²) >= 11 is 5.47. The molecule has 0 bridgehead atoms. The van der Waals surface area contributed by atoms with E-state index < -0.39 is 22.6 Å². The molecular weight excluding hydrogens is 226 g/mol. The highest BCUT2D eigenvalue weighted by Gasteiger charge is 2.20. The molecule has 0 radical (unpaired) electrons. The van der Waals surface area contributed by atoms with Gasteiger partial charge in [0.05, 0.1) is 10.6 Å². The molecule has 15 heavy (non-hydrogen) atoms. The van der Waals surface area contributed by atoms with Crippen molar-refractivity contribution in [3.8, 4) is 0 Å². The molecule has 0 saturated heterocycles. The first-order valence-corrected chi connectivity index (χ1v) is 4.10. The quantitative estimate of drug-likeness (QED) is 0.449. The fourth-order valence-electron chi connectivity index (χ4n) is 0.877. The number of rotatable bonds is 3. The van der Waals surface area contributed by atoms with Gasteiger partial charge < -0.3 is 10.8 Å². The Kier molecular flexibility index (Phi) is 3.17. The largest absolute Gasteiger partial charge is 0.480 e. The molecule has 1 aromatic rings. The van der Waals surface area contributed by atoms with Gasteiger partial charge in [-0.25, -0.2) is 4.98 Å². The maximum atomic E-state index is 10.5. The SMILES string of the molecule is NC(C(=O)O)c1ccc([N+](=O)[O-])c(Cl)n1. The summed E-state index contributed by atoms with van der Waals surface area (Å²) in [6, 6.07) is 0.874. The van der Waals surface area contributed by atoms with Crippen molar-refractivity contribution in [1.29, 1.82) is 0 Å². The molecule has 0 spiro atoms. The zero-order valence-corrected chi connectivity index (χ0v) is 8.01. The number of nitrogens with zero attached hydrogens (tertiary/aromatic N) is 2. The van der Waals surface area contributed by atoms with E-state index in [4.69, 9.17) is 22.4 Å². The normalized spacial score (nSPS) is 12.1. The predicted octanol–water partition coefficient (Wildman–Crippen LogP) is 0.728. The number of nitro groups is 1. The second-order valence-corrected chi connectivity index (χ2v) is 2.98. The van der Waals surface area contributed by atoms with Crippen molar-refractivity contribution in [1.82, 2.24) is 4.98 Å². The summed E-state index contributed by atoms with van der Waals surface area (Å²) in [4.78, 5) is 23.7. The fourth-order valence-corrected chi connectivity index (χ4v) is 1.11. The molecule has 1 rings (SSSR count). The number of nitrogens with two attached hydrogens (primary N) is 1. The van der Waals surface area contributed by atoms with E-state index in [9.17, 15) is 14.9 Å². The minimum Gasteiger partial charge on any atom is -0.480 e. The highest BCUT2D eigenvalue weighted by Crippen LogP contribution is 2.23. The summed E-state index contributed by atoms with van der Waals surface area (Å²) in [6.45, 7) is 0. The van der Waals surface area contributed by atoms with Crippen LogP contribution in [0, 0.1) is 10.1 Å². The van der Waals surface area contributed by atoms with E-state index in [1.807, 2.05) is 0 Å². The number of carboxylic acids is 1. The molecule has 0 aliphatic rings. The van der Waals surface area contributed by atoms with Crippen LogP contribution in [0.3, 0.4) is 0 Å². The Morgan fingerprint density at radius 3 is 2.67 bits per heavy atom. The minimum atomic E-state index is -1.34. The topological polar surface area (TPSA) is 119 Å². The van der Waals surface area contributed by atoms with Gasteiger partial charge in [0.25, 0.3) is 0 Å². The van der Waals surface area contributed by atoms with Gasteiger partial charge in [-0.1, -0.05) is 11.6 Å². The number of carbonyl (C=O) groups is 1. The lowest BCUT2D eigenvalue weighted by molar-refractivity contribution is -0.385. The van der Waals surface area contributed by atoms with Gasteiger partial charge in [-0.05, 0) is 6.07 Å². The van der Waals surface area contributed by atoms with Crippen LogP contribution < -0.4 is 5.73 Å². The molecular formula is C7H6ClN3O4. The van der Waals surface area contributed by atoms with E-state index in [-0.39, 0.29) is 10.8 Å². The molecule has 0 aliphatic heterocycles. The maximum absolute atomic E-state index is 10.5. The van der Waals surface area contributed by atoms with E-state index in [1.165, 1.54) is 0 Å². The van der Waals surface area contributed by atoms with Gasteiger partial charge >= 0.3 is 11.7 Å². The van der Waals surface area contributed by atoms with Crippen LogP contribution in [0.4, 0.5) is 5.69 Å². The van der Waals surface area contributed by atoms with Crippen molar-refractivity contribution in [3.05, 3.63) is 33.1 Å². The zero-order valence-electron chi connectivity index (χ0n) is 7.25. The number of pyridine rings is 1. The van der Waals surface area contributed by atoms with Gasteiger partial charge in [0.1, 0.15) is 6.04 Å². The van der Waals surface area contributed by atoms with Crippen LogP contribution in [0.15, 0.2) is 12.1 Å². The second-order valence-electron chi connectivity index (χ2n) is 2.62. The van der Waals surface area contributed by atoms with Crippen molar-refractivity contribution >= 4 is 23.3 Å². The first kappa shape index (κ1) is 11.3. The van der Waals surface area contributed by atoms with Gasteiger partial charge in [-0.3, -0.25) is 14.9 Å². The fraction of sp³-hybridized carbons (Fsp3) is 0.143. The van der Waals surface area contributed by atoms with Crippen LogP contribution in [-0.4, -0.2) is 21.0 Å². The number of hydrogen-bond acceptors (Lipinski definition) is 5. The molecule has 8 heteroatoms. The zero-order chi connectivity index (χ0) is 11.6. The maximum Gasteiger partial charge on any atom is 0.326 e. The Morgan fingerprint density at radius 2 is 2.27 bits per heavy atom. The third-order valence-electron chi connectivity index (χ3n) is 1.63. The minimum absolute atomic E-state index is 0.0295. The van der Waals surface area contributed by atoms with E-state index in [2.05, 4.69) is 4.98 Å². The number of aromatic nitrogens is 1. The molecule has 1 unspecified atom stereocenters. The third-order valence-corrected chi connectivity index (χ3v) is 1.91. The van der Waals surface area contributed by atoms with Crippen LogP contribution in [0.1, 0.15) is 11.7 Å². The predicted molar refractivity (Wildman–Crippen MR) is 50.5 cm³/mol. The Hall–Kier alpha value is -1.73. The van der Waals surface area contributed by atoms with E-state index >= 15 is 0 Å². The monoisotopic (exact) mass is 231 g/mol. The second kappa shape index (κ2) is 4.20. The van der Waals surface area contributed by atoms with Gasteiger partial charge in [0, 0.05) is 6.07 Å². The van der Waals surface area contributed by atoms with Crippen LogP contribution in [0.2, 0.25) is 5.15 Å². The molecule has 7 nitrogen and oxygen atoms in total. The molecule has 0 amide bonds. The van der Waals surface area contributed by atoms with Crippen LogP contribution in [0.25, 0.3) is 0 Å². The lowest BCUT2D eigenvalue weighted by Gasteiger charge is -2.05. The molecule has 1 atom stereocenters. The standard InChI is InChI=1S/C7H6ClN3O4/c8-6-4(11(14)15)2-1-3(10-6)5(9)7(12)13/h1-2,5H,9H2,(H,12,13). The van der Waals surface area contributed by atoms with Gasteiger partial charge in [-0.15, -0.1) is 0 Å². The molecule has 0 fully saturated rings. The Morgan fingerprint density at radius 1 is 1.67 bits per heavy atom. The highest BCUT2D eigenvalue weighted by atomic mass is 35.5. The van der Waals surface area contributed by atoms with Crippen LogP contribution in [0.5, 0.6) is 0 Å². The lowest BCUT2D eigenvalue weighted by atomic mass is 10.2. The van der Waals surface area contributed by atoms with E-state index in [0.717, 1.165) is 12.1 Å². The lowest BCUT2D eigenvalue weighted by Crippen LogP contribution is -2.21. The first-order valence-electron chi connectivity index (χ1n) is 3.72. The summed E-state index contributed by atoms with van der Waals surface area (Å²) in [5, 5.41) is 18.6. The number of hydrogen-bond donors (Lipinski definition) is 2. The molecule has 0 aliphatic carbocycles. The highest BCUT2D eigenvalue weighted by molar-refractivity contribution is 6.31. The smallest absolute Gasteiger partial charge is 0.326 e. The first-order chi connectivity index (χ1) is 6.93. The van der Waals surface area contributed by atoms with Gasteiger partial charge in [0.2, 0.25) is 5.15 Å². The Bertz CT molecular complexity index is 423. The van der Waals surface area contributed by atoms with Crippen molar-refractivity contribution in [2.75, 3.05) is 0 Å². The van der Waals surface area contributed by atoms with Gasteiger partial charge in [0.15, 0.2) is 0 Å². The van der Waals surface area contributed by atoms with Crippen molar-refractivity contribution in [2.24, 2.45) is 5.73 Å². The van der Waals surface area contributed by atoms with Crippen molar-refractivity contribution < 1.29 is 14.8 Å². The third kappa shape index (κ3) is 2.39.